The Kier molecular flexibility index (Phi) is 3.17. The summed E-state index contributed by atoms with van der Waals surface area (Å²) in [6.45, 7) is 0.135. The molecule has 3 nitrogen and oxygen atoms in total. The molecular formula is C15H13NO2S. The zero-order chi connectivity index (χ0) is 13.2. The molecule has 2 heterocycles. The average Bonchev–Trinajstić information content (AvgIpc) is 2.96. The van der Waals surface area contributed by atoms with Gasteiger partial charge in [0.15, 0.2) is 5.78 Å². The Morgan fingerprint density at radius 3 is 2.79 bits per heavy atom. The van der Waals surface area contributed by atoms with Crippen LogP contribution in [0, 0.1) is 0 Å². The number of para-hydroxylation sites is 1. The number of nitrogens with zero attached hydrogens (tertiary/aromatic N) is 1. The number of ketones is 1. The van der Waals surface area contributed by atoms with E-state index in [1.807, 2.05) is 35.7 Å². The van der Waals surface area contributed by atoms with Crippen LogP contribution in [0.5, 0.6) is 0 Å². The van der Waals surface area contributed by atoms with E-state index in [1.54, 1.807) is 11.0 Å². The van der Waals surface area contributed by atoms with Crippen molar-refractivity contribution in [1.29, 1.82) is 0 Å². The number of thiophene rings is 1. The van der Waals surface area contributed by atoms with Crippen LogP contribution in [0.25, 0.3) is 0 Å². The van der Waals surface area contributed by atoms with E-state index in [0.717, 1.165) is 17.7 Å². The van der Waals surface area contributed by atoms with Crippen molar-refractivity contribution in [2.75, 3.05) is 11.4 Å². The van der Waals surface area contributed by atoms with Gasteiger partial charge in [0.05, 0.1) is 11.4 Å². The number of carbonyl (C=O) groups excluding carboxylic acids is 2. The number of benzene rings is 1. The van der Waals surface area contributed by atoms with Crippen LogP contribution >= 0.6 is 11.3 Å². The highest BCUT2D eigenvalue weighted by Gasteiger charge is 2.26. The largest absolute Gasteiger partial charge is 0.304 e. The lowest BCUT2D eigenvalue weighted by molar-refractivity contribution is -0.118. The van der Waals surface area contributed by atoms with Gasteiger partial charge < -0.3 is 4.90 Å². The lowest BCUT2D eigenvalue weighted by atomic mass is 10.0. The number of anilines is 1. The molecule has 0 atom stereocenters. The van der Waals surface area contributed by atoms with Crippen LogP contribution in [0.1, 0.15) is 21.7 Å². The first-order chi connectivity index (χ1) is 9.25. The van der Waals surface area contributed by atoms with Crippen molar-refractivity contribution < 1.29 is 9.59 Å². The highest BCUT2D eigenvalue weighted by atomic mass is 32.1. The Hall–Kier alpha value is -1.94. The Morgan fingerprint density at radius 2 is 2.00 bits per heavy atom. The van der Waals surface area contributed by atoms with Gasteiger partial charge in [-0.2, -0.15) is 0 Å². The van der Waals surface area contributed by atoms with E-state index in [9.17, 15) is 9.59 Å². The van der Waals surface area contributed by atoms with E-state index < -0.39 is 0 Å². The van der Waals surface area contributed by atoms with Gasteiger partial charge in [0.2, 0.25) is 5.91 Å². The molecule has 0 saturated carbocycles. The quantitative estimate of drug-likeness (QED) is 0.805. The summed E-state index contributed by atoms with van der Waals surface area (Å²) in [5.74, 6) is 0.0312. The maximum Gasteiger partial charge on any atom is 0.227 e. The number of hydrogen-bond donors (Lipinski definition) is 0. The van der Waals surface area contributed by atoms with E-state index in [2.05, 4.69) is 0 Å². The molecule has 1 amide bonds. The third kappa shape index (κ3) is 2.31. The summed E-state index contributed by atoms with van der Waals surface area (Å²) in [6.07, 6.45) is 1.24. The topological polar surface area (TPSA) is 37.4 Å². The molecule has 1 aromatic heterocycles. The number of carbonyl (C=O) groups is 2. The van der Waals surface area contributed by atoms with Gasteiger partial charge >= 0.3 is 0 Å². The molecule has 96 valence electrons. The first kappa shape index (κ1) is 12.1. The molecular weight excluding hydrogens is 258 g/mol. The Labute approximate surface area is 115 Å². The summed E-state index contributed by atoms with van der Waals surface area (Å²) < 4.78 is 0. The molecule has 1 aromatic carbocycles. The Bertz CT molecular complexity index is 619. The number of aryl methyl sites for hydroxylation is 1. The highest BCUT2D eigenvalue weighted by Crippen LogP contribution is 2.27. The summed E-state index contributed by atoms with van der Waals surface area (Å²) in [4.78, 5) is 26.5. The van der Waals surface area contributed by atoms with E-state index in [1.165, 1.54) is 11.3 Å². The second kappa shape index (κ2) is 4.97. The Morgan fingerprint density at radius 1 is 1.16 bits per heavy atom. The smallest absolute Gasteiger partial charge is 0.227 e. The van der Waals surface area contributed by atoms with Gasteiger partial charge in [0.1, 0.15) is 0 Å². The standard InChI is InChI=1S/C15H13NO2S/c17-13(14-6-3-9-19-14)10-16-12-5-2-1-4-11(12)7-8-15(16)18/h1-6,9H,7-8,10H2. The normalized spacial score (nSPS) is 14.3. The fraction of sp³-hybridized carbons (Fsp3) is 0.200. The third-order valence-electron chi connectivity index (χ3n) is 3.29. The molecule has 0 unspecified atom stereocenters. The van der Waals surface area contributed by atoms with Crippen molar-refractivity contribution in [3.8, 4) is 0 Å². The summed E-state index contributed by atoms with van der Waals surface area (Å²) in [7, 11) is 0. The monoisotopic (exact) mass is 271 g/mol. The second-order valence-corrected chi connectivity index (χ2v) is 5.46. The van der Waals surface area contributed by atoms with Crippen LogP contribution in [0.2, 0.25) is 0 Å². The van der Waals surface area contributed by atoms with Gasteiger partial charge in [-0.1, -0.05) is 24.3 Å². The predicted molar refractivity (Wildman–Crippen MR) is 75.8 cm³/mol. The van der Waals surface area contributed by atoms with E-state index in [4.69, 9.17) is 0 Å². The number of fused-ring (bicyclic) bond motifs is 1. The fourth-order valence-corrected chi connectivity index (χ4v) is 2.99. The maximum atomic E-state index is 12.1. The molecule has 3 rings (SSSR count). The zero-order valence-electron chi connectivity index (χ0n) is 10.3. The second-order valence-electron chi connectivity index (χ2n) is 4.51. The number of Topliss-reactive ketones (excluding diaryl/α,β-unsaturated/α-hetero) is 1. The molecule has 1 aliphatic heterocycles. The van der Waals surface area contributed by atoms with Gasteiger partial charge in [-0.25, -0.2) is 0 Å². The Balaban J connectivity index is 1.88. The van der Waals surface area contributed by atoms with E-state index in [0.29, 0.717) is 11.3 Å². The number of rotatable bonds is 3. The van der Waals surface area contributed by atoms with Crippen molar-refractivity contribution in [3.63, 3.8) is 0 Å². The summed E-state index contributed by atoms with van der Waals surface area (Å²) >= 11 is 1.41. The molecule has 0 bridgehead atoms. The van der Waals surface area contributed by atoms with Crippen LogP contribution in [0.4, 0.5) is 5.69 Å². The van der Waals surface area contributed by atoms with Crippen molar-refractivity contribution in [2.45, 2.75) is 12.8 Å². The van der Waals surface area contributed by atoms with Crippen LogP contribution < -0.4 is 4.90 Å². The van der Waals surface area contributed by atoms with Crippen LogP contribution in [-0.2, 0) is 11.2 Å². The van der Waals surface area contributed by atoms with Gasteiger partial charge in [-0.15, -0.1) is 11.3 Å². The molecule has 0 radical (unpaired) electrons. The lowest BCUT2D eigenvalue weighted by Crippen LogP contribution is -2.38. The molecule has 4 heteroatoms. The van der Waals surface area contributed by atoms with Crippen molar-refractivity contribution in [1.82, 2.24) is 0 Å². The maximum absolute atomic E-state index is 12.1. The summed E-state index contributed by atoms with van der Waals surface area (Å²) in [5.41, 5.74) is 2.02. The molecule has 0 N–H and O–H groups in total. The van der Waals surface area contributed by atoms with Crippen LogP contribution in [0.15, 0.2) is 41.8 Å². The molecule has 2 aromatic rings. The third-order valence-corrected chi connectivity index (χ3v) is 4.20. The molecule has 19 heavy (non-hydrogen) atoms. The summed E-state index contributed by atoms with van der Waals surface area (Å²) in [5, 5.41) is 1.87. The zero-order valence-corrected chi connectivity index (χ0v) is 11.2. The van der Waals surface area contributed by atoms with Gasteiger partial charge in [-0.05, 0) is 29.5 Å². The molecule has 1 aliphatic rings. The fourth-order valence-electron chi connectivity index (χ4n) is 2.33. The minimum absolute atomic E-state index is 0.0000491. The molecule has 0 spiro atoms. The average molecular weight is 271 g/mol. The van der Waals surface area contributed by atoms with Crippen molar-refractivity contribution in [2.24, 2.45) is 0 Å². The van der Waals surface area contributed by atoms with Crippen LogP contribution in [-0.4, -0.2) is 18.2 Å². The molecule has 0 fully saturated rings. The van der Waals surface area contributed by atoms with Gasteiger partial charge in [-0.3, -0.25) is 9.59 Å². The van der Waals surface area contributed by atoms with Gasteiger partial charge in [0, 0.05) is 12.1 Å². The SMILES string of the molecule is O=C(CN1C(=O)CCc2ccccc21)c1cccs1. The molecule has 0 aliphatic carbocycles. The van der Waals surface area contributed by atoms with Crippen molar-refractivity contribution in [3.05, 3.63) is 52.2 Å². The first-order valence-electron chi connectivity index (χ1n) is 6.20. The van der Waals surface area contributed by atoms with E-state index in [-0.39, 0.29) is 18.2 Å². The minimum atomic E-state index is 0.0000491. The minimum Gasteiger partial charge on any atom is -0.304 e. The molecule has 0 saturated heterocycles. The predicted octanol–water partition coefficient (Wildman–Crippen LogP) is 2.91. The van der Waals surface area contributed by atoms with Gasteiger partial charge in [0.25, 0.3) is 0 Å². The van der Waals surface area contributed by atoms with Crippen molar-refractivity contribution >= 4 is 28.7 Å². The summed E-state index contributed by atoms with van der Waals surface area (Å²) in [6, 6.07) is 11.4. The van der Waals surface area contributed by atoms with Crippen LogP contribution in [0.3, 0.4) is 0 Å². The first-order valence-corrected chi connectivity index (χ1v) is 7.08. The number of hydrogen-bond acceptors (Lipinski definition) is 3. The number of amides is 1. The van der Waals surface area contributed by atoms with E-state index >= 15 is 0 Å². The highest BCUT2D eigenvalue weighted by molar-refractivity contribution is 7.12. The lowest BCUT2D eigenvalue weighted by Gasteiger charge is -2.28.